The number of halogens is 1. The summed E-state index contributed by atoms with van der Waals surface area (Å²) in [5.41, 5.74) is 2.41. The first-order valence-corrected chi connectivity index (χ1v) is 17.4. The normalized spacial score (nSPS) is 11.9. The van der Waals surface area contributed by atoms with Crippen molar-refractivity contribution in [2.75, 3.05) is 31.6 Å². The highest BCUT2D eigenvalue weighted by molar-refractivity contribution is 7.92. The second-order valence-corrected chi connectivity index (χ2v) is 14.1. The molecule has 2 amide bonds. The molecule has 0 spiro atoms. The second-order valence-electron chi connectivity index (χ2n) is 11.8. The largest absolute Gasteiger partial charge is 0.497 e. The van der Waals surface area contributed by atoms with Gasteiger partial charge in [-0.15, -0.1) is 0 Å². The Morgan fingerprint density at radius 3 is 2.17 bits per heavy atom. The average Bonchev–Trinajstić information content (AvgIpc) is 3.08. The van der Waals surface area contributed by atoms with Crippen molar-refractivity contribution in [3.05, 3.63) is 119 Å². The van der Waals surface area contributed by atoms with Crippen LogP contribution in [-0.4, -0.2) is 58.5 Å². The minimum Gasteiger partial charge on any atom is -0.497 e. The Bertz CT molecular complexity index is 1800. The summed E-state index contributed by atoms with van der Waals surface area (Å²) < 4.78 is 40.8. The first-order valence-electron chi connectivity index (χ1n) is 15.6. The third kappa shape index (κ3) is 9.08. The molecule has 0 bridgehead atoms. The summed E-state index contributed by atoms with van der Waals surface area (Å²) >= 11 is 6.58. The smallest absolute Gasteiger partial charge is 0.264 e. The molecule has 48 heavy (non-hydrogen) atoms. The summed E-state index contributed by atoms with van der Waals surface area (Å²) in [5.74, 6) is -0.233. The summed E-state index contributed by atoms with van der Waals surface area (Å²) in [4.78, 5) is 30.1. The number of benzene rings is 4. The topological polar surface area (TPSA) is 105 Å². The lowest BCUT2D eigenvalue weighted by Crippen LogP contribution is -2.53. The van der Waals surface area contributed by atoms with Crippen LogP contribution in [0, 0.1) is 12.8 Å². The summed E-state index contributed by atoms with van der Waals surface area (Å²) in [6.07, 6.45) is 0.189. The van der Waals surface area contributed by atoms with Crippen LogP contribution < -0.4 is 19.1 Å². The first-order chi connectivity index (χ1) is 22.9. The fraction of sp³-hybridized carbons (Fsp3) is 0.297. The van der Waals surface area contributed by atoms with Crippen molar-refractivity contribution in [1.29, 1.82) is 0 Å². The van der Waals surface area contributed by atoms with Gasteiger partial charge in [0.05, 0.1) is 24.8 Å². The van der Waals surface area contributed by atoms with Gasteiger partial charge in [0.15, 0.2) is 0 Å². The molecule has 0 heterocycles. The van der Waals surface area contributed by atoms with Crippen molar-refractivity contribution in [1.82, 2.24) is 10.2 Å². The van der Waals surface area contributed by atoms with E-state index in [1.807, 2.05) is 51.1 Å². The molecule has 254 valence electrons. The van der Waals surface area contributed by atoms with Crippen LogP contribution in [-0.2, 0) is 32.6 Å². The maximum absolute atomic E-state index is 14.7. The van der Waals surface area contributed by atoms with Crippen LogP contribution in [0.1, 0.15) is 30.5 Å². The fourth-order valence-corrected chi connectivity index (χ4v) is 6.74. The van der Waals surface area contributed by atoms with Crippen molar-refractivity contribution in [3.8, 4) is 11.5 Å². The number of carbonyl (C=O) groups is 2. The zero-order chi connectivity index (χ0) is 34.8. The van der Waals surface area contributed by atoms with Crippen LogP contribution >= 0.6 is 11.6 Å². The van der Waals surface area contributed by atoms with Crippen LogP contribution in [0.4, 0.5) is 5.69 Å². The van der Waals surface area contributed by atoms with Gasteiger partial charge in [-0.3, -0.25) is 13.9 Å². The van der Waals surface area contributed by atoms with E-state index >= 15 is 0 Å². The Kier molecular flexibility index (Phi) is 12.5. The molecule has 0 saturated heterocycles. The third-order valence-electron chi connectivity index (χ3n) is 7.80. The van der Waals surface area contributed by atoms with Crippen molar-refractivity contribution < 1.29 is 27.5 Å². The monoisotopic (exact) mass is 691 g/mol. The number of carbonyl (C=O) groups excluding carboxylic acids is 2. The third-order valence-corrected chi connectivity index (χ3v) is 9.94. The number of anilines is 1. The van der Waals surface area contributed by atoms with Gasteiger partial charge in [0.1, 0.15) is 24.1 Å². The molecule has 0 aromatic heterocycles. The van der Waals surface area contributed by atoms with Crippen LogP contribution in [0.15, 0.2) is 102 Å². The van der Waals surface area contributed by atoms with Crippen molar-refractivity contribution >= 4 is 39.1 Å². The first kappa shape index (κ1) is 36.3. The van der Waals surface area contributed by atoms with Gasteiger partial charge in [-0.05, 0) is 54.3 Å². The molecule has 1 N–H and O–H groups in total. The van der Waals surface area contributed by atoms with Gasteiger partial charge < -0.3 is 19.7 Å². The van der Waals surface area contributed by atoms with Crippen LogP contribution in [0.5, 0.6) is 11.5 Å². The molecule has 0 saturated carbocycles. The molecular formula is C37H42ClN3O6S. The van der Waals surface area contributed by atoms with Gasteiger partial charge in [0, 0.05) is 30.6 Å². The molecule has 0 fully saturated rings. The molecule has 1 atom stereocenters. The molecule has 9 nitrogen and oxygen atoms in total. The molecular weight excluding hydrogens is 650 g/mol. The predicted octanol–water partition coefficient (Wildman–Crippen LogP) is 6.27. The number of ether oxygens (including phenoxy) is 2. The molecule has 4 aromatic rings. The van der Waals surface area contributed by atoms with Crippen LogP contribution in [0.3, 0.4) is 0 Å². The standard InChI is InChI=1S/C37H42ClN3O6S/c1-26(2)23-39-37(43)34(21-28-11-7-6-8-12-28)40(24-29-13-9-10-14-32(29)38)36(42)25-41(33-22-30(46-4)17-20-35(33)47-5)48(44,45)31-18-15-27(3)16-19-31/h6-20,22,26,34H,21,23-25H2,1-5H3,(H,39,43). The Labute approximate surface area is 288 Å². The lowest BCUT2D eigenvalue weighted by atomic mass is 10.0. The van der Waals surface area contributed by atoms with Crippen molar-refractivity contribution in [2.45, 2.75) is 44.7 Å². The molecule has 0 radical (unpaired) electrons. The zero-order valence-electron chi connectivity index (χ0n) is 27.9. The highest BCUT2D eigenvalue weighted by Gasteiger charge is 2.36. The lowest BCUT2D eigenvalue weighted by molar-refractivity contribution is -0.140. The number of hydrogen-bond acceptors (Lipinski definition) is 6. The number of nitrogens with zero attached hydrogens (tertiary/aromatic N) is 2. The highest BCUT2D eigenvalue weighted by Crippen LogP contribution is 2.36. The number of methoxy groups -OCH3 is 2. The maximum Gasteiger partial charge on any atom is 0.264 e. The SMILES string of the molecule is COc1ccc(OC)c(N(CC(=O)N(Cc2ccccc2Cl)C(Cc2ccccc2)C(=O)NCC(C)C)S(=O)(=O)c2ccc(C)cc2)c1. The van der Waals surface area contributed by atoms with Gasteiger partial charge in [0.25, 0.3) is 10.0 Å². The summed E-state index contributed by atoms with van der Waals surface area (Å²) in [7, 11) is -1.46. The molecule has 0 aliphatic rings. The minimum absolute atomic E-state index is 0.0149. The van der Waals surface area contributed by atoms with E-state index in [4.69, 9.17) is 21.1 Å². The molecule has 4 rings (SSSR count). The molecule has 4 aromatic carbocycles. The number of nitrogens with one attached hydrogen (secondary N) is 1. The van der Waals surface area contributed by atoms with E-state index in [0.29, 0.717) is 22.9 Å². The average molecular weight is 692 g/mol. The zero-order valence-corrected chi connectivity index (χ0v) is 29.4. The minimum atomic E-state index is -4.34. The number of rotatable bonds is 15. The Balaban J connectivity index is 1.87. The van der Waals surface area contributed by atoms with E-state index in [1.165, 1.54) is 37.3 Å². The van der Waals surface area contributed by atoms with Crippen LogP contribution in [0.25, 0.3) is 0 Å². The van der Waals surface area contributed by atoms with Crippen molar-refractivity contribution in [3.63, 3.8) is 0 Å². The van der Waals surface area contributed by atoms with E-state index in [0.717, 1.165) is 15.4 Å². The number of sulfonamides is 1. The Morgan fingerprint density at radius 1 is 0.875 bits per heavy atom. The van der Waals surface area contributed by atoms with Crippen molar-refractivity contribution in [2.24, 2.45) is 5.92 Å². The lowest BCUT2D eigenvalue weighted by Gasteiger charge is -2.34. The van der Waals surface area contributed by atoms with E-state index in [-0.39, 0.29) is 41.1 Å². The second kappa shape index (κ2) is 16.5. The fourth-order valence-electron chi connectivity index (χ4n) is 5.13. The van der Waals surface area contributed by atoms with E-state index in [2.05, 4.69) is 5.32 Å². The molecule has 0 aliphatic carbocycles. The predicted molar refractivity (Wildman–Crippen MR) is 189 cm³/mol. The molecule has 1 unspecified atom stereocenters. The van der Waals surface area contributed by atoms with E-state index in [1.54, 1.807) is 48.5 Å². The highest BCUT2D eigenvalue weighted by atomic mass is 35.5. The summed E-state index contributed by atoms with van der Waals surface area (Å²) in [6, 6.07) is 26.5. The van der Waals surface area contributed by atoms with Gasteiger partial charge in [0.2, 0.25) is 11.8 Å². The number of amides is 2. The van der Waals surface area contributed by atoms with Crippen LogP contribution in [0.2, 0.25) is 5.02 Å². The van der Waals surface area contributed by atoms with Gasteiger partial charge in [-0.2, -0.15) is 0 Å². The molecule has 11 heteroatoms. The van der Waals surface area contributed by atoms with E-state index < -0.39 is 28.5 Å². The summed E-state index contributed by atoms with van der Waals surface area (Å²) in [5, 5.41) is 3.40. The van der Waals surface area contributed by atoms with Gasteiger partial charge in [-0.1, -0.05) is 91.7 Å². The van der Waals surface area contributed by atoms with E-state index in [9.17, 15) is 18.0 Å². The van der Waals surface area contributed by atoms with Gasteiger partial charge >= 0.3 is 0 Å². The quantitative estimate of drug-likeness (QED) is 0.158. The number of hydrogen-bond donors (Lipinski definition) is 1. The molecule has 0 aliphatic heterocycles. The Morgan fingerprint density at radius 2 is 1.54 bits per heavy atom. The van der Waals surface area contributed by atoms with Gasteiger partial charge in [-0.25, -0.2) is 8.42 Å². The Hall–Kier alpha value is -4.54. The number of aryl methyl sites for hydroxylation is 1. The summed E-state index contributed by atoms with van der Waals surface area (Å²) in [6.45, 7) is 5.52. The maximum atomic E-state index is 14.7.